The third-order valence-corrected chi connectivity index (χ3v) is 3.25. The Balaban J connectivity index is 2.04. The normalized spacial score (nSPS) is 11.8. The number of hydrogen-bond acceptors (Lipinski definition) is 3. The zero-order chi connectivity index (χ0) is 15.4. The fraction of sp³-hybridized carbons (Fsp3) is 0.235. The van der Waals surface area contributed by atoms with Gasteiger partial charge in [0.2, 0.25) is 0 Å². The van der Waals surface area contributed by atoms with Crippen molar-refractivity contribution < 1.29 is 9.53 Å². The number of benzene rings is 2. The maximum Gasteiger partial charge on any atom is 0.265 e. The molecule has 4 heteroatoms. The van der Waals surface area contributed by atoms with Gasteiger partial charge < -0.3 is 15.8 Å². The van der Waals surface area contributed by atoms with Crippen molar-refractivity contribution in [1.82, 2.24) is 0 Å². The van der Waals surface area contributed by atoms with Crippen molar-refractivity contribution in [1.29, 1.82) is 0 Å². The third-order valence-electron chi connectivity index (χ3n) is 3.25. The van der Waals surface area contributed by atoms with E-state index in [1.165, 1.54) is 0 Å². The van der Waals surface area contributed by atoms with Gasteiger partial charge in [0.25, 0.3) is 5.91 Å². The Hall–Kier alpha value is -2.49. The molecule has 0 aliphatic rings. The van der Waals surface area contributed by atoms with E-state index in [9.17, 15) is 4.79 Å². The van der Waals surface area contributed by atoms with Gasteiger partial charge in [0.1, 0.15) is 5.75 Å². The lowest BCUT2D eigenvalue weighted by Gasteiger charge is -2.18. The molecule has 1 amide bonds. The zero-order valence-electron chi connectivity index (χ0n) is 12.5. The fourth-order valence-electron chi connectivity index (χ4n) is 2.03. The minimum absolute atomic E-state index is 0.192. The van der Waals surface area contributed by atoms with Gasteiger partial charge in [-0.3, -0.25) is 4.79 Å². The summed E-state index contributed by atoms with van der Waals surface area (Å²) in [5, 5.41) is 2.81. The van der Waals surface area contributed by atoms with Crippen molar-refractivity contribution in [3.05, 3.63) is 53.6 Å². The van der Waals surface area contributed by atoms with Gasteiger partial charge >= 0.3 is 0 Å². The summed E-state index contributed by atoms with van der Waals surface area (Å²) in [7, 11) is 0. The number of aryl methyl sites for hydroxylation is 2. The van der Waals surface area contributed by atoms with E-state index in [2.05, 4.69) is 5.32 Å². The molecule has 1 atom stereocenters. The minimum atomic E-state index is -0.581. The predicted molar refractivity (Wildman–Crippen MR) is 85.5 cm³/mol. The number of rotatable bonds is 4. The second-order valence-electron chi connectivity index (χ2n) is 5.09. The summed E-state index contributed by atoms with van der Waals surface area (Å²) in [6, 6.07) is 12.9. The molecule has 2 aromatic rings. The maximum atomic E-state index is 12.2. The van der Waals surface area contributed by atoms with Crippen molar-refractivity contribution in [3.63, 3.8) is 0 Å². The van der Waals surface area contributed by atoms with Gasteiger partial charge in [0, 0.05) is 11.4 Å². The summed E-state index contributed by atoms with van der Waals surface area (Å²) >= 11 is 0. The van der Waals surface area contributed by atoms with Crippen LogP contribution in [0.1, 0.15) is 18.1 Å². The van der Waals surface area contributed by atoms with Gasteiger partial charge in [-0.15, -0.1) is 0 Å². The first kappa shape index (κ1) is 14.9. The molecule has 21 heavy (non-hydrogen) atoms. The molecule has 0 aliphatic carbocycles. The summed E-state index contributed by atoms with van der Waals surface area (Å²) in [5.74, 6) is 0.569. The Kier molecular flexibility index (Phi) is 4.48. The van der Waals surface area contributed by atoms with Gasteiger partial charge in [0.05, 0.1) is 0 Å². The first-order valence-corrected chi connectivity index (χ1v) is 6.86. The topological polar surface area (TPSA) is 64.3 Å². The number of hydrogen-bond donors (Lipinski definition) is 2. The largest absolute Gasteiger partial charge is 0.480 e. The van der Waals surface area contributed by atoms with Gasteiger partial charge in [-0.2, -0.15) is 0 Å². The lowest BCUT2D eigenvalue weighted by Crippen LogP contribution is -2.30. The van der Waals surface area contributed by atoms with Crippen molar-refractivity contribution in [3.8, 4) is 5.75 Å². The minimum Gasteiger partial charge on any atom is -0.480 e. The van der Waals surface area contributed by atoms with Crippen LogP contribution in [0.25, 0.3) is 0 Å². The monoisotopic (exact) mass is 284 g/mol. The van der Waals surface area contributed by atoms with E-state index in [0.717, 1.165) is 16.9 Å². The zero-order valence-corrected chi connectivity index (χ0v) is 12.5. The molecular formula is C17H20N2O2. The molecule has 0 radical (unpaired) electrons. The first-order valence-electron chi connectivity index (χ1n) is 6.86. The molecule has 0 fully saturated rings. The van der Waals surface area contributed by atoms with Gasteiger partial charge in [0.15, 0.2) is 6.10 Å². The molecule has 0 aliphatic heterocycles. The van der Waals surface area contributed by atoms with Crippen LogP contribution >= 0.6 is 0 Å². The Morgan fingerprint density at radius 1 is 1.10 bits per heavy atom. The molecule has 3 N–H and O–H groups in total. The Bertz CT molecular complexity index is 615. The van der Waals surface area contributed by atoms with E-state index in [4.69, 9.17) is 10.5 Å². The molecule has 2 rings (SSSR count). The number of nitrogens with two attached hydrogens (primary N) is 1. The molecule has 4 nitrogen and oxygen atoms in total. The number of para-hydroxylation sites is 1. The van der Waals surface area contributed by atoms with E-state index in [1.807, 2.05) is 32.0 Å². The average Bonchev–Trinajstić information content (AvgIpc) is 2.45. The van der Waals surface area contributed by atoms with E-state index in [-0.39, 0.29) is 5.91 Å². The molecule has 0 saturated carbocycles. The fourth-order valence-corrected chi connectivity index (χ4v) is 2.03. The highest BCUT2D eigenvalue weighted by atomic mass is 16.5. The number of nitrogens with one attached hydrogen (secondary N) is 1. The number of carbonyl (C=O) groups excluding carboxylic acids is 1. The van der Waals surface area contributed by atoms with E-state index in [0.29, 0.717) is 11.4 Å². The van der Waals surface area contributed by atoms with E-state index in [1.54, 1.807) is 31.2 Å². The SMILES string of the molecule is Cc1cccc(C)c1O[C@@H](C)C(=O)Nc1ccc(N)cc1. The lowest BCUT2D eigenvalue weighted by molar-refractivity contribution is -0.122. The summed E-state index contributed by atoms with van der Waals surface area (Å²) < 4.78 is 5.80. The molecule has 2 aromatic carbocycles. The van der Waals surface area contributed by atoms with Crippen LogP contribution in [-0.4, -0.2) is 12.0 Å². The molecule has 0 bridgehead atoms. The van der Waals surface area contributed by atoms with Crippen LogP contribution in [0, 0.1) is 13.8 Å². The van der Waals surface area contributed by atoms with Crippen LogP contribution in [0.2, 0.25) is 0 Å². The number of nitrogen functional groups attached to an aromatic ring is 1. The lowest BCUT2D eigenvalue weighted by atomic mass is 10.1. The quantitative estimate of drug-likeness (QED) is 0.847. The van der Waals surface area contributed by atoms with Gasteiger partial charge in [-0.25, -0.2) is 0 Å². The highest BCUT2D eigenvalue weighted by Crippen LogP contribution is 2.23. The molecule has 0 spiro atoms. The molecule has 0 heterocycles. The van der Waals surface area contributed by atoms with Crippen LogP contribution in [-0.2, 0) is 4.79 Å². The summed E-state index contributed by atoms with van der Waals surface area (Å²) in [6.07, 6.45) is -0.581. The number of carbonyl (C=O) groups is 1. The van der Waals surface area contributed by atoms with Crippen LogP contribution in [0.3, 0.4) is 0 Å². The van der Waals surface area contributed by atoms with Crippen molar-refractivity contribution >= 4 is 17.3 Å². The van der Waals surface area contributed by atoms with Crippen molar-refractivity contribution in [2.24, 2.45) is 0 Å². The molecular weight excluding hydrogens is 264 g/mol. The Morgan fingerprint density at radius 3 is 2.24 bits per heavy atom. The summed E-state index contributed by atoms with van der Waals surface area (Å²) in [4.78, 5) is 12.2. The summed E-state index contributed by atoms with van der Waals surface area (Å²) in [6.45, 7) is 5.67. The first-order chi connectivity index (χ1) is 9.97. The predicted octanol–water partition coefficient (Wildman–Crippen LogP) is 3.29. The molecule has 0 saturated heterocycles. The second-order valence-corrected chi connectivity index (χ2v) is 5.09. The Labute approximate surface area is 124 Å². The Morgan fingerprint density at radius 2 is 1.67 bits per heavy atom. The van der Waals surface area contributed by atoms with Crippen molar-refractivity contribution in [2.75, 3.05) is 11.1 Å². The third kappa shape index (κ3) is 3.75. The highest BCUT2D eigenvalue weighted by molar-refractivity contribution is 5.94. The number of ether oxygens (including phenoxy) is 1. The average molecular weight is 284 g/mol. The molecule has 0 unspecified atom stereocenters. The van der Waals surface area contributed by atoms with E-state index >= 15 is 0 Å². The molecule has 0 aromatic heterocycles. The van der Waals surface area contributed by atoms with Crippen LogP contribution in [0.4, 0.5) is 11.4 Å². The number of anilines is 2. The van der Waals surface area contributed by atoms with E-state index < -0.39 is 6.10 Å². The smallest absolute Gasteiger partial charge is 0.265 e. The summed E-state index contributed by atoms with van der Waals surface area (Å²) in [5.41, 5.74) is 9.01. The van der Waals surface area contributed by atoms with Gasteiger partial charge in [-0.05, 0) is 56.2 Å². The van der Waals surface area contributed by atoms with Crippen LogP contribution in [0.5, 0.6) is 5.75 Å². The van der Waals surface area contributed by atoms with Crippen LogP contribution < -0.4 is 15.8 Å². The number of amides is 1. The van der Waals surface area contributed by atoms with Crippen molar-refractivity contribution in [2.45, 2.75) is 26.9 Å². The van der Waals surface area contributed by atoms with Gasteiger partial charge in [-0.1, -0.05) is 18.2 Å². The molecule has 110 valence electrons. The second kappa shape index (κ2) is 6.31. The van der Waals surface area contributed by atoms with Crippen LogP contribution in [0.15, 0.2) is 42.5 Å². The standard InChI is InChI=1S/C17H20N2O2/c1-11-5-4-6-12(2)16(11)21-13(3)17(20)19-15-9-7-14(18)8-10-15/h4-10,13H,18H2,1-3H3,(H,19,20)/t13-/m0/s1. The maximum absolute atomic E-state index is 12.2. The highest BCUT2D eigenvalue weighted by Gasteiger charge is 2.16.